The van der Waals surface area contributed by atoms with E-state index in [0.29, 0.717) is 0 Å². The second-order valence-electron chi connectivity index (χ2n) is 5.32. The van der Waals surface area contributed by atoms with Crippen molar-refractivity contribution in [3.8, 4) is 0 Å². The number of rotatable bonds is 7. The zero-order chi connectivity index (χ0) is 13.9. The number of hydrogen-bond acceptors (Lipinski definition) is 3. The summed E-state index contributed by atoms with van der Waals surface area (Å²) in [7, 11) is 0. The van der Waals surface area contributed by atoms with Crippen molar-refractivity contribution >= 4 is 17.0 Å². The SMILES string of the molecule is O=C(O)c1ccc2c(c1)ncn2CCCOCC1CC1. The normalized spacial score (nSPS) is 14.8. The Bertz CT molecular complexity index is 617. The lowest BCUT2D eigenvalue weighted by molar-refractivity contribution is 0.0697. The minimum absolute atomic E-state index is 0.274. The molecule has 1 aliphatic rings. The minimum Gasteiger partial charge on any atom is -0.478 e. The number of imidazole rings is 1. The first-order valence-electron chi connectivity index (χ1n) is 7.00. The highest BCUT2D eigenvalue weighted by Crippen LogP contribution is 2.28. The Morgan fingerprint density at radius 2 is 2.30 bits per heavy atom. The van der Waals surface area contributed by atoms with Crippen molar-refractivity contribution in [2.75, 3.05) is 13.2 Å². The van der Waals surface area contributed by atoms with Gasteiger partial charge in [-0.2, -0.15) is 0 Å². The van der Waals surface area contributed by atoms with Crippen LogP contribution in [0.4, 0.5) is 0 Å². The van der Waals surface area contributed by atoms with Crippen LogP contribution < -0.4 is 0 Å². The number of carboxylic acid groups (broad SMARTS) is 1. The van der Waals surface area contributed by atoms with Crippen LogP contribution in [-0.2, 0) is 11.3 Å². The van der Waals surface area contributed by atoms with E-state index in [1.165, 1.54) is 12.8 Å². The fourth-order valence-electron chi connectivity index (χ4n) is 2.25. The number of benzene rings is 1. The van der Waals surface area contributed by atoms with Crippen LogP contribution in [0.1, 0.15) is 29.6 Å². The molecule has 1 aromatic carbocycles. The van der Waals surface area contributed by atoms with Gasteiger partial charge in [-0.15, -0.1) is 0 Å². The molecule has 1 fully saturated rings. The molecule has 1 aliphatic carbocycles. The Balaban J connectivity index is 1.58. The highest BCUT2D eigenvalue weighted by Gasteiger charge is 2.20. The molecule has 3 rings (SSSR count). The first-order valence-corrected chi connectivity index (χ1v) is 7.00. The topological polar surface area (TPSA) is 64.3 Å². The van der Waals surface area contributed by atoms with Crippen LogP contribution in [0, 0.1) is 5.92 Å². The zero-order valence-corrected chi connectivity index (χ0v) is 11.3. The molecule has 0 atom stereocenters. The second-order valence-corrected chi connectivity index (χ2v) is 5.32. The number of nitrogens with zero attached hydrogens (tertiary/aromatic N) is 2. The van der Waals surface area contributed by atoms with Crippen molar-refractivity contribution in [3.63, 3.8) is 0 Å². The monoisotopic (exact) mass is 274 g/mol. The van der Waals surface area contributed by atoms with Gasteiger partial charge in [0.05, 0.1) is 22.9 Å². The van der Waals surface area contributed by atoms with Gasteiger partial charge < -0.3 is 14.4 Å². The summed E-state index contributed by atoms with van der Waals surface area (Å²) >= 11 is 0. The molecular formula is C15H18N2O3. The van der Waals surface area contributed by atoms with E-state index in [1.54, 1.807) is 18.5 Å². The maximum absolute atomic E-state index is 10.9. The number of aromatic carboxylic acids is 1. The van der Waals surface area contributed by atoms with Gasteiger partial charge in [0.15, 0.2) is 0 Å². The van der Waals surface area contributed by atoms with Crippen LogP contribution in [0.15, 0.2) is 24.5 Å². The molecule has 1 heterocycles. The average Bonchev–Trinajstić information content (AvgIpc) is 3.18. The van der Waals surface area contributed by atoms with Gasteiger partial charge in [-0.05, 0) is 43.4 Å². The summed E-state index contributed by atoms with van der Waals surface area (Å²) in [4.78, 5) is 15.2. The molecule has 5 nitrogen and oxygen atoms in total. The van der Waals surface area contributed by atoms with Gasteiger partial charge in [0.25, 0.3) is 0 Å². The molecular weight excluding hydrogens is 256 g/mol. The summed E-state index contributed by atoms with van der Waals surface area (Å²) < 4.78 is 7.65. The molecule has 1 saturated carbocycles. The van der Waals surface area contributed by atoms with E-state index < -0.39 is 5.97 Å². The van der Waals surface area contributed by atoms with Gasteiger partial charge in [0.2, 0.25) is 0 Å². The van der Waals surface area contributed by atoms with Crippen molar-refractivity contribution in [2.24, 2.45) is 5.92 Å². The summed E-state index contributed by atoms with van der Waals surface area (Å²) in [6.45, 7) is 2.50. The second kappa shape index (κ2) is 5.63. The van der Waals surface area contributed by atoms with Gasteiger partial charge in [-0.1, -0.05) is 0 Å². The lowest BCUT2D eigenvalue weighted by Gasteiger charge is -2.05. The van der Waals surface area contributed by atoms with Crippen molar-refractivity contribution in [2.45, 2.75) is 25.8 Å². The van der Waals surface area contributed by atoms with Gasteiger partial charge in [0.1, 0.15) is 0 Å². The van der Waals surface area contributed by atoms with Crippen LogP contribution in [-0.4, -0.2) is 33.8 Å². The Morgan fingerprint density at radius 1 is 1.45 bits per heavy atom. The first kappa shape index (κ1) is 13.1. The number of ether oxygens (including phenoxy) is 1. The number of aryl methyl sites for hydroxylation is 1. The zero-order valence-electron chi connectivity index (χ0n) is 11.3. The highest BCUT2D eigenvalue weighted by atomic mass is 16.5. The molecule has 2 aromatic rings. The Hall–Kier alpha value is -1.88. The van der Waals surface area contributed by atoms with Crippen molar-refractivity contribution in [1.82, 2.24) is 9.55 Å². The summed E-state index contributed by atoms with van der Waals surface area (Å²) in [6.07, 6.45) is 5.34. The number of fused-ring (bicyclic) bond motifs is 1. The molecule has 0 amide bonds. The van der Waals surface area contributed by atoms with E-state index in [1.807, 2.05) is 10.6 Å². The van der Waals surface area contributed by atoms with Crippen LogP contribution in [0.5, 0.6) is 0 Å². The van der Waals surface area contributed by atoms with Crippen LogP contribution >= 0.6 is 0 Å². The molecule has 0 radical (unpaired) electrons. The van der Waals surface area contributed by atoms with E-state index in [0.717, 1.165) is 43.1 Å². The Labute approximate surface area is 117 Å². The van der Waals surface area contributed by atoms with Gasteiger partial charge >= 0.3 is 5.97 Å². The number of carbonyl (C=O) groups is 1. The lowest BCUT2D eigenvalue weighted by atomic mass is 10.2. The number of hydrogen-bond donors (Lipinski definition) is 1. The standard InChI is InChI=1S/C15H18N2O3/c18-15(19)12-4-5-14-13(8-12)16-10-17(14)6-1-7-20-9-11-2-3-11/h4-5,8,10-11H,1-3,6-7,9H2,(H,18,19). The van der Waals surface area contributed by atoms with Gasteiger partial charge in [-0.25, -0.2) is 9.78 Å². The Morgan fingerprint density at radius 3 is 3.05 bits per heavy atom. The molecule has 1 aromatic heterocycles. The third kappa shape index (κ3) is 2.99. The van der Waals surface area contributed by atoms with Crippen LogP contribution in [0.2, 0.25) is 0 Å². The molecule has 0 unspecified atom stereocenters. The molecule has 20 heavy (non-hydrogen) atoms. The third-order valence-electron chi connectivity index (χ3n) is 3.61. The van der Waals surface area contributed by atoms with E-state index in [2.05, 4.69) is 4.98 Å². The molecule has 0 bridgehead atoms. The average molecular weight is 274 g/mol. The highest BCUT2D eigenvalue weighted by molar-refractivity contribution is 5.92. The van der Waals surface area contributed by atoms with Crippen molar-refractivity contribution in [3.05, 3.63) is 30.1 Å². The third-order valence-corrected chi connectivity index (χ3v) is 3.61. The quantitative estimate of drug-likeness (QED) is 0.788. The predicted molar refractivity (Wildman–Crippen MR) is 74.9 cm³/mol. The molecule has 0 saturated heterocycles. The minimum atomic E-state index is -0.921. The fourth-order valence-corrected chi connectivity index (χ4v) is 2.25. The fraction of sp³-hybridized carbons (Fsp3) is 0.467. The molecule has 5 heteroatoms. The van der Waals surface area contributed by atoms with Crippen LogP contribution in [0.3, 0.4) is 0 Å². The maximum Gasteiger partial charge on any atom is 0.335 e. The summed E-state index contributed by atoms with van der Waals surface area (Å²) in [5.74, 6) is -0.117. The first-order chi connectivity index (χ1) is 9.74. The van der Waals surface area contributed by atoms with Gasteiger partial charge in [0, 0.05) is 19.8 Å². The van der Waals surface area contributed by atoms with E-state index >= 15 is 0 Å². The molecule has 106 valence electrons. The van der Waals surface area contributed by atoms with Crippen LogP contribution in [0.25, 0.3) is 11.0 Å². The van der Waals surface area contributed by atoms with E-state index in [9.17, 15) is 4.79 Å². The maximum atomic E-state index is 10.9. The summed E-state index contributed by atoms with van der Waals surface area (Å²) in [5, 5.41) is 8.95. The molecule has 0 spiro atoms. The molecule has 0 aliphatic heterocycles. The van der Waals surface area contributed by atoms with Crippen molar-refractivity contribution in [1.29, 1.82) is 0 Å². The van der Waals surface area contributed by atoms with E-state index in [4.69, 9.17) is 9.84 Å². The van der Waals surface area contributed by atoms with E-state index in [-0.39, 0.29) is 5.56 Å². The summed E-state index contributed by atoms with van der Waals surface area (Å²) in [5.41, 5.74) is 1.97. The summed E-state index contributed by atoms with van der Waals surface area (Å²) in [6, 6.07) is 5.04. The largest absolute Gasteiger partial charge is 0.478 e. The Kier molecular flexibility index (Phi) is 3.69. The smallest absolute Gasteiger partial charge is 0.335 e. The predicted octanol–water partition coefficient (Wildman–Crippen LogP) is 2.55. The van der Waals surface area contributed by atoms with Crippen molar-refractivity contribution < 1.29 is 14.6 Å². The lowest BCUT2D eigenvalue weighted by Crippen LogP contribution is -2.03. The number of aromatic nitrogens is 2. The van der Waals surface area contributed by atoms with Gasteiger partial charge in [-0.3, -0.25) is 0 Å². The number of carboxylic acids is 1. The molecule has 1 N–H and O–H groups in total.